The molecule has 4 amide bonds. The molecule has 27 heavy (non-hydrogen) atoms. The first-order valence-electron chi connectivity index (χ1n) is 9.11. The van der Waals surface area contributed by atoms with Crippen molar-refractivity contribution in [1.29, 1.82) is 0 Å². The van der Waals surface area contributed by atoms with Crippen molar-refractivity contribution in [1.82, 2.24) is 15.1 Å². The molecule has 0 saturated carbocycles. The van der Waals surface area contributed by atoms with Crippen LogP contribution < -0.4 is 11.1 Å². The molecule has 3 heterocycles. The maximum atomic E-state index is 13.1. The van der Waals surface area contributed by atoms with Crippen LogP contribution in [0.3, 0.4) is 0 Å². The lowest BCUT2D eigenvalue weighted by Gasteiger charge is -2.28. The van der Waals surface area contributed by atoms with Gasteiger partial charge in [-0.2, -0.15) is 0 Å². The predicted octanol–water partition coefficient (Wildman–Crippen LogP) is 0.0109. The lowest BCUT2D eigenvalue weighted by molar-refractivity contribution is -0.136. The summed E-state index contributed by atoms with van der Waals surface area (Å²) in [4.78, 5) is 52.6. The molecule has 3 N–H and O–H groups in total. The zero-order valence-corrected chi connectivity index (χ0v) is 15.2. The first kappa shape index (κ1) is 17.8. The van der Waals surface area contributed by atoms with Crippen molar-refractivity contribution >= 4 is 23.6 Å². The van der Waals surface area contributed by atoms with Gasteiger partial charge in [0, 0.05) is 31.6 Å². The zero-order valence-electron chi connectivity index (χ0n) is 15.2. The zero-order chi connectivity index (χ0) is 19.3. The Morgan fingerprint density at radius 3 is 2.67 bits per heavy atom. The molecule has 8 nitrogen and oxygen atoms in total. The predicted molar refractivity (Wildman–Crippen MR) is 95.6 cm³/mol. The van der Waals surface area contributed by atoms with Crippen molar-refractivity contribution in [3.63, 3.8) is 0 Å². The number of piperidine rings is 1. The number of nitrogens with two attached hydrogens (primary N) is 1. The number of nitrogens with zero attached hydrogens (tertiary/aromatic N) is 2. The van der Waals surface area contributed by atoms with Gasteiger partial charge in [0.2, 0.25) is 11.8 Å². The van der Waals surface area contributed by atoms with Gasteiger partial charge >= 0.3 is 0 Å². The second kappa shape index (κ2) is 6.24. The highest BCUT2D eigenvalue weighted by Crippen LogP contribution is 2.31. The smallest absolute Gasteiger partial charge is 0.262 e. The summed E-state index contributed by atoms with van der Waals surface area (Å²) in [6.45, 7) is 4.07. The summed E-state index contributed by atoms with van der Waals surface area (Å²) in [7, 11) is 0. The van der Waals surface area contributed by atoms with Crippen molar-refractivity contribution in [3.05, 3.63) is 34.9 Å². The van der Waals surface area contributed by atoms with Crippen LogP contribution in [0.25, 0.3) is 0 Å². The fraction of sp³-hybridized carbons (Fsp3) is 0.474. The number of hydrogen-bond donors (Lipinski definition) is 2. The fourth-order valence-electron chi connectivity index (χ4n) is 4.17. The molecule has 142 valence electrons. The van der Waals surface area contributed by atoms with E-state index in [1.807, 2.05) is 13.0 Å². The minimum absolute atomic E-state index is 0.111. The molecule has 0 bridgehead atoms. The summed E-state index contributed by atoms with van der Waals surface area (Å²) >= 11 is 0. The number of rotatable bonds is 3. The number of fused-ring (bicyclic) bond motifs is 1. The van der Waals surface area contributed by atoms with E-state index in [-0.39, 0.29) is 24.3 Å². The third-order valence-electron chi connectivity index (χ3n) is 5.53. The van der Waals surface area contributed by atoms with Crippen LogP contribution in [-0.4, -0.2) is 58.1 Å². The van der Waals surface area contributed by atoms with E-state index < -0.39 is 23.8 Å². The number of likely N-dealkylation sites (tertiary alicyclic amines) is 1. The molecule has 2 fully saturated rings. The molecule has 2 saturated heterocycles. The van der Waals surface area contributed by atoms with E-state index in [0.717, 1.165) is 30.0 Å². The molecule has 1 aromatic carbocycles. The molecule has 0 aromatic heterocycles. The van der Waals surface area contributed by atoms with Gasteiger partial charge in [-0.25, -0.2) is 0 Å². The van der Waals surface area contributed by atoms with Gasteiger partial charge < -0.3 is 5.73 Å². The number of nitrogens with one attached hydrogen (secondary N) is 1. The molecular formula is C19H22N4O4. The maximum absolute atomic E-state index is 13.1. The Hall–Kier alpha value is -2.58. The largest absolute Gasteiger partial charge is 0.324 e. The van der Waals surface area contributed by atoms with Crippen molar-refractivity contribution in [2.24, 2.45) is 5.73 Å². The number of benzene rings is 1. The molecular weight excluding hydrogens is 348 g/mol. The molecule has 1 aromatic rings. The minimum atomic E-state index is -0.943. The van der Waals surface area contributed by atoms with E-state index in [9.17, 15) is 19.2 Å². The van der Waals surface area contributed by atoms with Crippen LogP contribution in [0, 0.1) is 0 Å². The summed E-state index contributed by atoms with van der Waals surface area (Å²) < 4.78 is 0. The van der Waals surface area contributed by atoms with E-state index in [4.69, 9.17) is 5.73 Å². The highest BCUT2D eigenvalue weighted by Gasteiger charge is 2.45. The van der Waals surface area contributed by atoms with Crippen LogP contribution in [0.2, 0.25) is 0 Å². The van der Waals surface area contributed by atoms with Crippen LogP contribution in [0.15, 0.2) is 18.2 Å². The number of hydrogen-bond acceptors (Lipinski definition) is 6. The second-order valence-corrected chi connectivity index (χ2v) is 7.90. The highest BCUT2D eigenvalue weighted by molar-refractivity contribution is 6.24. The maximum Gasteiger partial charge on any atom is 0.262 e. The minimum Gasteiger partial charge on any atom is -0.324 e. The van der Waals surface area contributed by atoms with Gasteiger partial charge in [-0.1, -0.05) is 12.1 Å². The molecule has 3 aliphatic rings. The molecule has 4 rings (SSSR count). The van der Waals surface area contributed by atoms with E-state index in [0.29, 0.717) is 17.7 Å². The van der Waals surface area contributed by atoms with Crippen LogP contribution in [0.5, 0.6) is 0 Å². The summed E-state index contributed by atoms with van der Waals surface area (Å²) in [5.41, 5.74) is 7.37. The summed E-state index contributed by atoms with van der Waals surface area (Å²) in [5, 5.41) is 2.21. The lowest BCUT2D eigenvalue weighted by Crippen LogP contribution is -2.54. The fourth-order valence-corrected chi connectivity index (χ4v) is 4.17. The van der Waals surface area contributed by atoms with Crippen molar-refractivity contribution in [2.75, 3.05) is 13.1 Å². The lowest BCUT2D eigenvalue weighted by atomic mass is 10.0. The SMILES string of the molecule is CC1(N)CCN(Cc2cccc3c2C(=O)N(C2CCC(=O)NC2=O)C3=O)C1. The normalized spacial score (nSPS) is 28.7. The van der Waals surface area contributed by atoms with Gasteiger partial charge in [-0.15, -0.1) is 0 Å². The van der Waals surface area contributed by atoms with Gasteiger partial charge in [-0.3, -0.25) is 34.3 Å². The summed E-state index contributed by atoms with van der Waals surface area (Å²) in [5.74, 6) is -1.92. The monoisotopic (exact) mass is 370 g/mol. The van der Waals surface area contributed by atoms with Gasteiger partial charge in [-0.05, 0) is 31.4 Å². The van der Waals surface area contributed by atoms with Gasteiger partial charge in [0.05, 0.1) is 11.1 Å². The average molecular weight is 370 g/mol. The van der Waals surface area contributed by atoms with Crippen molar-refractivity contribution in [2.45, 2.75) is 44.3 Å². The Labute approximate surface area is 156 Å². The van der Waals surface area contributed by atoms with E-state index in [2.05, 4.69) is 10.2 Å². The van der Waals surface area contributed by atoms with Crippen molar-refractivity contribution in [3.8, 4) is 0 Å². The van der Waals surface area contributed by atoms with Gasteiger partial charge in [0.1, 0.15) is 6.04 Å². The Balaban J connectivity index is 1.62. The van der Waals surface area contributed by atoms with Crippen LogP contribution in [-0.2, 0) is 16.1 Å². The number of carbonyl (C=O) groups is 4. The van der Waals surface area contributed by atoms with E-state index in [1.165, 1.54) is 0 Å². The standard InChI is InChI=1S/C19H22N4O4/c1-19(20)7-8-22(10-19)9-11-3-2-4-12-15(11)18(27)23(17(12)26)13-5-6-14(24)21-16(13)25/h2-4,13H,5-10,20H2,1H3,(H,21,24,25). The van der Waals surface area contributed by atoms with Crippen LogP contribution in [0.4, 0.5) is 0 Å². The molecule has 0 radical (unpaired) electrons. The van der Waals surface area contributed by atoms with Crippen LogP contribution in [0.1, 0.15) is 52.5 Å². The molecule has 0 spiro atoms. The molecule has 8 heteroatoms. The molecule has 2 atom stereocenters. The highest BCUT2D eigenvalue weighted by atomic mass is 16.2. The summed E-state index contributed by atoms with van der Waals surface area (Å²) in [6, 6.07) is 4.26. The first-order chi connectivity index (χ1) is 12.8. The van der Waals surface area contributed by atoms with Gasteiger partial charge in [0.25, 0.3) is 11.8 Å². The number of amides is 4. The van der Waals surface area contributed by atoms with Crippen molar-refractivity contribution < 1.29 is 19.2 Å². The second-order valence-electron chi connectivity index (χ2n) is 7.90. The van der Waals surface area contributed by atoms with Gasteiger partial charge in [0.15, 0.2) is 0 Å². The topological polar surface area (TPSA) is 113 Å². The Morgan fingerprint density at radius 1 is 1.22 bits per heavy atom. The first-order valence-corrected chi connectivity index (χ1v) is 9.11. The quantitative estimate of drug-likeness (QED) is 0.725. The summed E-state index contributed by atoms with van der Waals surface area (Å²) in [6.07, 6.45) is 1.14. The molecule has 0 aliphatic carbocycles. The van der Waals surface area contributed by atoms with Crippen LogP contribution >= 0.6 is 0 Å². The average Bonchev–Trinajstić information content (AvgIpc) is 3.06. The Morgan fingerprint density at radius 2 is 2.00 bits per heavy atom. The Bertz CT molecular complexity index is 863. The third-order valence-corrected chi connectivity index (χ3v) is 5.53. The van der Waals surface area contributed by atoms with E-state index in [1.54, 1.807) is 12.1 Å². The number of carbonyl (C=O) groups excluding carboxylic acids is 4. The van der Waals surface area contributed by atoms with E-state index >= 15 is 0 Å². The third kappa shape index (κ3) is 3.04. The molecule has 3 aliphatic heterocycles. The molecule has 2 unspecified atom stereocenters. The Kier molecular flexibility index (Phi) is 4.12. The number of imide groups is 2.